The Morgan fingerprint density at radius 1 is 1.10 bits per heavy atom. The molecule has 1 N–H and O–H groups in total. The SMILES string of the molecule is CCCCc1nc(CO)c(Cl)n1Cc1ccc(C(=O)c2ccccc2C(=O)OC)cc1. The number of imidazole rings is 1. The van der Waals surface area contributed by atoms with Gasteiger partial charge in [-0.05, 0) is 18.1 Å². The number of carbonyl (C=O) groups excluding carboxylic acids is 2. The number of esters is 1. The molecular formula is C24H25ClN2O4. The third-order valence-corrected chi connectivity index (χ3v) is 5.51. The van der Waals surface area contributed by atoms with Crippen LogP contribution in [0.25, 0.3) is 0 Å². The number of carbonyl (C=O) groups is 2. The fourth-order valence-corrected chi connectivity index (χ4v) is 3.65. The molecule has 0 fully saturated rings. The number of benzene rings is 2. The van der Waals surface area contributed by atoms with Crippen LogP contribution in [-0.4, -0.2) is 33.5 Å². The number of ether oxygens (including phenoxy) is 1. The zero-order valence-electron chi connectivity index (χ0n) is 17.6. The normalized spacial score (nSPS) is 10.8. The molecule has 0 aliphatic rings. The summed E-state index contributed by atoms with van der Waals surface area (Å²) in [5.41, 5.74) is 2.42. The van der Waals surface area contributed by atoms with Gasteiger partial charge in [0.05, 0.1) is 25.8 Å². The number of aliphatic hydroxyl groups excluding tert-OH is 1. The fraction of sp³-hybridized carbons (Fsp3) is 0.292. The number of hydrogen-bond donors (Lipinski definition) is 1. The summed E-state index contributed by atoms with van der Waals surface area (Å²) in [4.78, 5) is 29.4. The molecule has 0 atom stereocenters. The van der Waals surface area contributed by atoms with E-state index in [-0.39, 0.29) is 18.0 Å². The number of halogens is 1. The van der Waals surface area contributed by atoms with Crippen LogP contribution in [0.15, 0.2) is 48.5 Å². The molecule has 1 aromatic heterocycles. The van der Waals surface area contributed by atoms with Crippen LogP contribution < -0.4 is 0 Å². The Balaban J connectivity index is 1.84. The van der Waals surface area contributed by atoms with Crippen LogP contribution in [0.5, 0.6) is 0 Å². The molecule has 2 aromatic carbocycles. The lowest BCUT2D eigenvalue weighted by atomic mass is 9.97. The van der Waals surface area contributed by atoms with Gasteiger partial charge in [-0.15, -0.1) is 0 Å². The van der Waals surface area contributed by atoms with Crippen molar-refractivity contribution >= 4 is 23.4 Å². The van der Waals surface area contributed by atoms with E-state index in [1.165, 1.54) is 7.11 Å². The lowest BCUT2D eigenvalue weighted by Gasteiger charge is -2.11. The van der Waals surface area contributed by atoms with Crippen molar-refractivity contribution in [1.82, 2.24) is 9.55 Å². The monoisotopic (exact) mass is 440 g/mol. The third kappa shape index (κ3) is 5.03. The van der Waals surface area contributed by atoms with Crippen molar-refractivity contribution in [3.8, 4) is 0 Å². The number of hydrogen-bond acceptors (Lipinski definition) is 5. The standard InChI is InChI=1S/C24H25ClN2O4/c1-3-4-9-21-26-20(15-28)23(25)27(21)14-16-10-12-17(13-11-16)22(29)18-7-5-6-8-19(18)24(30)31-2/h5-8,10-13,28H,3-4,9,14-15H2,1-2H3. The van der Waals surface area contributed by atoms with E-state index in [1.807, 2.05) is 16.7 Å². The van der Waals surface area contributed by atoms with Crippen LogP contribution in [0.3, 0.4) is 0 Å². The minimum Gasteiger partial charge on any atom is -0.465 e. The highest BCUT2D eigenvalue weighted by Crippen LogP contribution is 2.22. The summed E-state index contributed by atoms with van der Waals surface area (Å²) in [5.74, 6) is 0.0390. The Hall–Kier alpha value is -2.96. The number of ketones is 1. The van der Waals surface area contributed by atoms with Crippen LogP contribution in [0.1, 0.15) is 63.1 Å². The average molecular weight is 441 g/mol. The van der Waals surface area contributed by atoms with Gasteiger partial charge in [-0.1, -0.05) is 67.4 Å². The molecule has 0 saturated carbocycles. The molecule has 0 aliphatic heterocycles. The Bertz CT molecular complexity index is 1070. The quantitative estimate of drug-likeness (QED) is 0.393. The summed E-state index contributed by atoms with van der Waals surface area (Å²) in [7, 11) is 1.29. The highest BCUT2D eigenvalue weighted by Gasteiger charge is 2.19. The first-order valence-corrected chi connectivity index (χ1v) is 10.5. The van der Waals surface area contributed by atoms with Gasteiger partial charge < -0.3 is 14.4 Å². The largest absolute Gasteiger partial charge is 0.465 e. The first kappa shape index (κ1) is 22.7. The molecule has 3 rings (SSSR count). The fourth-order valence-electron chi connectivity index (χ4n) is 3.39. The molecular weight excluding hydrogens is 416 g/mol. The zero-order chi connectivity index (χ0) is 22.4. The molecule has 162 valence electrons. The predicted octanol–water partition coefficient (Wildman–Crippen LogP) is 4.44. The van der Waals surface area contributed by atoms with Crippen molar-refractivity contribution in [2.24, 2.45) is 0 Å². The first-order chi connectivity index (χ1) is 15.0. The van der Waals surface area contributed by atoms with Crippen LogP contribution in [0.4, 0.5) is 0 Å². The minimum absolute atomic E-state index is 0.210. The van der Waals surface area contributed by atoms with Crippen molar-refractivity contribution < 1.29 is 19.4 Å². The van der Waals surface area contributed by atoms with Crippen LogP contribution >= 0.6 is 11.6 Å². The maximum absolute atomic E-state index is 13.0. The highest BCUT2D eigenvalue weighted by atomic mass is 35.5. The molecule has 31 heavy (non-hydrogen) atoms. The molecule has 0 bridgehead atoms. The van der Waals surface area contributed by atoms with Gasteiger partial charge in [0.15, 0.2) is 5.78 Å². The summed E-state index contributed by atoms with van der Waals surface area (Å²) in [6.45, 7) is 2.38. The summed E-state index contributed by atoms with van der Waals surface area (Å²) in [6.07, 6.45) is 2.78. The Kier molecular flexibility index (Phi) is 7.60. The second-order valence-electron chi connectivity index (χ2n) is 7.18. The van der Waals surface area contributed by atoms with Crippen molar-refractivity contribution in [2.75, 3.05) is 7.11 Å². The maximum Gasteiger partial charge on any atom is 0.338 e. The number of methoxy groups -OCH3 is 1. The molecule has 3 aromatic rings. The van der Waals surface area contributed by atoms with E-state index in [0.29, 0.717) is 28.5 Å². The van der Waals surface area contributed by atoms with Gasteiger partial charge in [0, 0.05) is 17.5 Å². The van der Waals surface area contributed by atoms with Crippen molar-refractivity contribution in [3.05, 3.63) is 87.5 Å². The van der Waals surface area contributed by atoms with Gasteiger partial charge in [0.25, 0.3) is 0 Å². The zero-order valence-corrected chi connectivity index (χ0v) is 18.4. The van der Waals surface area contributed by atoms with Crippen LogP contribution in [0, 0.1) is 0 Å². The minimum atomic E-state index is -0.547. The highest BCUT2D eigenvalue weighted by molar-refractivity contribution is 6.30. The topological polar surface area (TPSA) is 81.4 Å². The molecule has 0 spiro atoms. The average Bonchev–Trinajstić information content (AvgIpc) is 3.11. The smallest absolute Gasteiger partial charge is 0.338 e. The Morgan fingerprint density at radius 2 is 1.77 bits per heavy atom. The second-order valence-corrected chi connectivity index (χ2v) is 7.53. The van der Waals surface area contributed by atoms with Gasteiger partial charge >= 0.3 is 5.97 Å². The lowest BCUT2D eigenvalue weighted by molar-refractivity contribution is 0.0597. The lowest BCUT2D eigenvalue weighted by Crippen LogP contribution is -2.11. The van der Waals surface area contributed by atoms with E-state index in [2.05, 4.69) is 11.9 Å². The number of aliphatic hydroxyl groups is 1. The summed E-state index contributed by atoms with van der Waals surface area (Å²) in [6, 6.07) is 13.8. The van der Waals surface area contributed by atoms with Gasteiger partial charge in [-0.25, -0.2) is 9.78 Å². The second kappa shape index (κ2) is 10.4. The molecule has 6 nitrogen and oxygen atoms in total. The number of aromatic nitrogens is 2. The van der Waals surface area contributed by atoms with E-state index in [1.54, 1.807) is 36.4 Å². The van der Waals surface area contributed by atoms with Crippen LogP contribution in [-0.2, 0) is 24.3 Å². The first-order valence-electron chi connectivity index (χ1n) is 10.2. The molecule has 0 radical (unpaired) electrons. The summed E-state index contributed by atoms with van der Waals surface area (Å²) in [5, 5.41) is 9.93. The molecule has 0 unspecified atom stereocenters. The summed E-state index contributed by atoms with van der Waals surface area (Å²) >= 11 is 6.42. The van der Waals surface area contributed by atoms with E-state index < -0.39 is 5.97 Å². The molecule has 7 heteroatoms. The number of aryl methyl sites for hydroxylation is 1. The van der Waals surface area contributed by atoms with E-state index in [0.717, 1.165) is 30.7 Å². The van der Waals surface area contributed by atoms with E-state index in [9.17, 15) is 14.7 Å². The maximum atomic E-state index is 13.0. The number of rotatable bonds is 9. The Labute approximate surface area is 186 Å². The van der Waals surface area contributed by atoms with Crippen LogP contribution in [0.2, 0.25) is 5.15 Å². The Morgan fingerprint density at radius 3 is 2.39 bits per heavy atom. The molecule has 0 amide bonds. The van der Waals surface area contributed by atoms with E-state index in [4.69, 9.17) is 16.3 Å². The van der Waals surface area contributed by atoms with E-state index >= 15 is 0 Å². The van der Waals surface area contributed by atoms with Gasteiger partial charge in [0.1, 0.15) is 16.7 Å². The molecule has 0 aliphatic carbocycles. The molecule has 1 heterocycles. The van der Waals surface area contributed by atoms with Crippen molar-refractivity contribution in [2.45, 2.75) is 39.3 Å². The number of unbranched alkanes of at least 4 members (excludes halogenated alkanes) is 1. The molecule has 0 saturated heterocycles. The predicted molar refractivity (Wildman–Crippen MR) is 119 cm³/mol. The van der Waals surface area contributed by atoms with Gasteiger partial charge in [-0.3, -0.25) is 4.79 Å². The van der Waals surface area contributed by atoms with Gasteiger partial charge in [-0.2, -0.15) is 0 Å². The van der Waals surface area contributed by atoms with Crippen molar-refractivity contribution in [1.29, 1.82) is 0 Å². The van der Waals surface area contributed by atoms with Gasteiger partial charge in [0.2, 0.25) is 0 Å². The van der Waals surface area contributed by atoms with Crippen molar-refractivity contribution in [3.63, 3.8) is 0 Å². The third-order valence-electron chi connectivity index (χ3n) is 5.09. The number of nitrogens with zero attached hydrogens (tertiary/aromatic N) is 2. The summed E-state index contributed by atoms with van der Waals surface area (Å²) < 4.78 is 6.67.